The molecule has 0 radical (unpaired) electrons. The van der Waals surface area contributed by atoms with Gasteiger partial charge in [0.2, 0.25) is 0 Å². The van der Waals surface area contributed by atoms with E-state index in [1.165, 1.54) is 27.8 Å². The van der Waals surface area contributed by atoms with Gasteiger partial charge < -0.3 is 14.6 Å². The molecule has 2 heterocycles. The van der Waals surface area contributed by atoms with Crippen LogP contribution in [0.5, 0.6) is 0 Å². The van der Waals surface area contributed by atoms with Gasteiger partial charge in [-0.25, -0.2) is 4.79 Å². The van der Waals surface area contributed by atoms with Crippen molar-refractivity contribution in [1.82, 2.24) is 9.47 Å². The quantitative estimate of drug-likeness (QED) is 0.906. The molecule has 1 aromatic heterocycles. The van der Waals surface area contributed by atoms with Crippen LogP contribution in [0.2, 0.25) is 5.02 Å². The van der Waals surface area contributed by atoms with E-state index in [0.717, 1.165) is 5.56 Å². The highest BCUT2D eigenvalue weighted by atomic mass is 35.5. The van der Waals surface area contributed by atoms with Crippen molar-refractivity contribution in [2.24, 2.45) is 0 Å². The average molecular weight is 361 g/mol. The Morgan fingerprint density at radius 2 is 1.96 bits per heavy atom. The average Bonchev–Trinajstić information content (AvgIpc) is 3.08. The number of amides is 1. The third kappa shape index (κ3) is 3.58. The lowest BCUT2D eigenvalue weighted by Gasteiger charge is -2.21. The Balaban J connectivity index is 1.89. The summed E-state index contributed by atoms with van der Waals surface area (Å²) in [4.78, 5) is 37.4. The maximum Gasteiger partial charge on any atom is 0.326 e. The fourth-order valence-electron chi connectivity index (χ4n) is 3.02. The number of aromatic nitrogens is 1. The third-order valence-corrected chi connectivity index (χ3v) is 4.70. The second kappa shape index (κ2) is 7.11. The molecular weight excluding hydrogens is 344 g/mol. The van der Waals surface area contributed by atoms with Crippen LogP contribution in [0.3, 0.4) is 0 Å². The van der Waals surface area contributed by atoms with E-state index >= 15 is 0 Å². The lowest BCUT2D eigenvalue weighted by atomic mass is 10.2. The minimum Gasteiger partial charge on any atom is -0.480 e. The second-order valence-corrected chi connectivity index (χ2v) is 6.38. The van der Waals surface area contributed by atoms with Crippen LogP contribution in [0, 0.1) is 0 Å². The van der Waals surface area contributed by atoms with Gasteiger partial charge >= 0.3 is 5.97 Å². The summed E-state index contributed by atoms with van der Waals surface area (Å²) < 4.78 is 1.40. The van der Waals surface area contributed by atoms with Crippen LogP contribution in [0.1, 0.15) is 28.8 Å². The lowest BCUT2D eigenvalue weighted by Crippen LogP contribution is -2.40. The van der Waals surface area contributed by atoms with Crippen molar-refractivity contribution < 1.29 is 14.7 Å². The highest BCUT2D eigenvalue weighted by molar-refractivity contribution is 6.31. The van der Waals surface area contributed by atoms with Crippen molar-refractivity contribution in [1.29, 1.82) is 0 Å². The van der Waals surface area contributed by atoms with Gasteiger partial charge in [-0.15, -0.1) is 0 Å². The van der Waals surface area contributed by atoms with E-state index < -0.39 is 12.0 Å². The molecule has 7 heteroatoms. The van der Waals surface area contributed by atoms with Crippen LogP contribution >= 0.6 is 11.6 Å². The molecule has 25 heavy (non-hydrogen) atoms. The van der Waals surface area contributed by atoms with Gasteiger partial charge in [-0.3, -0.25) is 9.59 Å². The molecule has 1 saturated heterocycles. The number of aliphatic carboxylic acids is 1. The Hall–Kier alpha value is -2.60. The first-order chi connectivity index (χ1) is 12.0. The number of hydrogen-bond acceptors (Lipinski definition) is 3. The molecule has 1 amide bonds. The van der Waals surface area contributed by atoms with E-state index in [0.29, 0.717) is 30.0 Å². The summed E-state index contributed by atoms with van der Waals surface area (Å²) in [7, 11) is 0. The maximum atomic E-state index is 12.7. The first kappa shape index (κ1) is 17.2. The molecule has 0 bridgehead atoms. The monoisotopic (exact) mass is 360 g/mol. The standard InChI is InChI=1S/C18H17ClN2O4/c19-14-5-2-1-4-12(14)10-20-11-13(7-8-16(20)22)17(23)21-9-3-6-15(21)18(24)25/h1-2,4-5,7-8,11,15H,3,6,9-10H2,(H,24,25)/t15-/m1/s1. The lowest BCUT2D eigenvalue weighted by molar-refractivity contribution is -0.141. The summed E-state index contributed by atoms with van der Waals surface area (Å²) in [6.45, 7) is 0.640. The van der Waals surface area contributed by atoms with E-state index in [1.54, 1.807) is 12.1 Å². The van der Waals surface area contributed by atoms with Crippen molar-refractivity contribution in [3.63, 3.8) is 0 Å². The summed E-state index contributed by atoms with van der Waals surface area (Å²) >= 11 is 6.13. The molecule has 2 aromatic rings. The summed E-state index contributed by atoms with van der Waals surface area (Å²) in [5, 5.41) is 9.78. The minimum atomic E-state index is -1.00. The van der Waals surface area contributed by atoms with Crippen LogP contribution in [0.25, 0.3) is 0 Å². The molecule has 6 nitrogen and oxygen atoms in total. The fourth-order valence-corrected chi connectivity index (χ4v) is 3.22. The largest absolute Gasteiger partial charge is 0.480 e. The summed E-state index contributed by atoms with van der Waals surface area (Å²) in [6.07, 6.45) is 2.56. The first-order valence-electron chi connectivity index (χ1n) is 7.95. The Kier molecular flexibility index (Phi) is 4.90. The van der Waals surface area contributed by atoms with Gasteiger partial charge in [0, 0.05) is 23.8 Å². The molecule has 1 aromatic carbocycles. The zero-order valence-electron chi connectivity index (χ0n) is 13.4. The molecule has 1 fully saturated rings. The molecule has 130 valence electrons. The van der Waals surface area contributed by atoms with E-state index in [2.05, 4.69) is 0 Å². The van der Waals surface area contributed by atoms with Gasteiger partial charge in [-0.1, -0.05) is 29.8 Å². The van der Waals surface area contributed by atoms with Gasteiger partial charge in [-0.2, -0.15) is 0 Å². The topological polar surface area (TPSA) is 79.6 Å². The minimum absolute atomic E-state index is 0.238. The van der Waals surface area contributed by atoms with Crippen LogP contribution in [0.15, 0.2) is 47.4 Å². The molecule has 0 unspecified atom stereocenters. The van der Waals surface area contributed by atoms with E-state index in [4.69, 9.17) is 11.6 Å². The van der Waals surface area contributed by atoms with Crippen LogP contribution in [-0.4, -0.2) is 39.0 Å². The molecule has 3 rings (SSSR count). The summed E-state index contributed by atoms with van der Waals surface area (Å²) in [6, 6.07) is 9.11. The summed E-state index contributed by atoms with van der Waals surface area (Å²) in [5.74, 6) is -1.38. The highest BCUT2D eigenvalue weighted by Gasteiger charge is 2.34. The van der Waals surface area contributed by atoms with Crippen LogP contribution in [-0.2, 0) is 11.3 Å². The molecule has 0 spiro atoms. The van der Waals surface area contributed by atoms with Crippen molar-refractivity contribution in [2.45, 2.75) is 25.4 Å². The zero-order chi connectivity index (χ0) is 18.0. The van der Waals surface area contributed by atoms with E-state index in [1.807, 2.05) is 12.1 Å². The molecule has 0 saturated carbocycles. The van der Waals surface area contributed by atoms with Gasteiger partial charge in [0.15, 0.2) is 0 Å². The van der Waals surface area contributed by atoms with E-state index in [-0.39, 0.29) is 18.0 Å². The number of pyridine rings is 1. The number of rotatable bonds is 4. The Morgan fingerprint density at radius 3 is 2.68 bits per heavy atom. The van der Waals surface area contributed by atoms with Crippen molar-refractivity contribution >= 4 is 23.5 Å². The number of nitrogens with zero attached hydrogens (tertiary/aromatic N) is 2. The maximum absolute atomic E-state index is 12.7. The van der Waals surface area contributed by atoms with Crippen molar-refractivity contribution in [2.75, 3.05) is 6.54 Å². The predicted octanol–water partition coefficient (Wildman–Crippen LogP) is 2.24. The van der Waals surface area contributed by atoms with Crippen LogP contribution < -0.4 is 5.56 Å². The SMILES string of the molecule is O=C(O)[C@H]1CCCN1C(=O)c1ccc(=O)n(Cc2ccccc2Cl)c1. The number of halogens is 1. The number of carboxylic acid groups (broad SMARTS) is 1. The normalized spacial score (nSPS) is 16.8. The van der Waals surface area contributed by atoms with Crippen molar-refractivity contribution in [3.05, 3.63) is 69.1 Å². The third-order valence-electron chi connectivity index (χ3n) is 4.33. The number of likely N-dealkylation sites (tertiary alicyclic amines) is 1. The van der Waals surface area contributed by atoms with Crippen LogP contribution in [0.4, 0.5) is 0 Å². The van der Waals surface area contributed by atoms with Gasteiger partial charge in [-0.05, 0) is 30.5 Å². The molecule has 1 aliphatic heterocycles. The number of hydrogen-bond donors (Lipinski definition) is 1. The Labute approximate surface area is 149 Å². The van der Waals surface area contributed by atoms with Crippen molar-refractivity contribution in [3.8, 4) is 0 Å². The zero-order valence-corrected chi connectivity index (χ0v) is 14.1. The Bertz CT molecular complexity index is 877. The fraction of sp³-hybridized carbons (Fsp3) is 0.278. The molecule has 1 N–H and O–H groups in total. The number of carbonyl (C=O) groups excluding carboxylic acids is 1. The van der Waals surface area contributed by atoms with Gasteiger partial charge in [0.25, 0.3) is 11.5 Å². The van der Waals surface area contributed by atoms with Gasteiger partial charge in [0.1, 0.15) is 6.04 Å². The number of carboxylic acids is 1. The molecular formula is C18H17ClN2O4. The molecule has 1 aliphatic rings. The predicted molar refractivity (Wildman–Crippen MR) is 93.0 cm³/mol. The highest BCUT2D eigenvalue weighted by Crippen LogP contribution is 2.20. The number of benzene rings is 1. The van der Waals surface area contributed by atoms with Gasteiger partial charge in [0.05, 0.1) is 12.1 Å². The second-order valence-electron chi connectivity index (χ2n) is 5.97. The summed E-state index contributed by atoms with van der Waals surface area (Å²) in [5.41, 5.74) is 0.799. The number of carbonyl (C=O) groups is 2. The smallest absolute Gasteiger partial charge is 0.326 e. The Morgan fingerprint density at radius 1 is 1.20 bits per heavy atom. The van der Waals surface area contributed by atoms with E-state index in [9.17, 15) is 19.5 Å². The molecule has 1 atom stereocenters. The first-order valence-corrected chi connectivity index (χ1v) is 8.33. The molecule has 0 aliphatic carbocycles.